The molecule has 0 bridgehead atoms. The molecular weight excluding hydrogens is 202 g/mol. The van der Waals surface area contributed by atoms with Crippen molar-refractivity contribution in [2.45, 2.75) is 6.92 Å². The van der Waals surface area contributed by atoms with Crippen LogP contribution >= 0.6 is 11.6 Å². The maximum atomic E-state index is 11.1. The van der Waals surface area contributed by atoms with Gasteiger partial charge in [-0.2, -0.15) is 5.26 Å². The number of hydrogen-bond acceptors (Lipinski definition) is 3. The average molecular weight is 210 g/mol. The molecule has 1 rings (SSSR count). The summed E-state index contributed by atoms with van der Waals surface area (Å²) >= 11 is 5.82. The lowest BCUT2D eigenvalue weighted by Gasteiger charge is -2.06. The van der Waals surface area contributed by atoms with Crippen molar-refractivity contribution in [2.24, 2.45) is 0 Å². The smallest absolute Gasteiger partial charge is 0.262 e. The van der Waals surface area contributed by atoms with E-state index < -0.39 is 5.78 Å². The second-order valence-electron chi connectivity index (χ2n) is 2.74. The average Bonchev–Trinajstić information content (AvgIpc) is 2.19. The molecule has 0 aliphatic carbocycles. The van der Waals surface area contributed by atoms with Crippen molar-refractivity contribution in [3.05, 3.63) is 28.3 Å². The van der Waals surface area contributed by atoms with Gasteiger partial charge in [0.05, 0.1) is 12.1 Å². The summed E-state index contributed by atoms with van der Waals surface area (Å²) in [5, 5.41) is 8.79. The molecule has 0 aliphatic heterocycles. The molecule has 4 heteroatoms. The first-order chi connectivity index (χ1) is 6.60. The van der Waals surface area contributed by atoms with Crippen molar-refractivity contribution >= 4 is 17.4 Å². The van der Waals surface area contributed by atoms with Crippen LogP contribution in [0.1, 0.15) is 15.9 Å². The van der Waals surface area contributed by atoms with Crippen LogP contribution in [0.5, 0.6) is 5.75 Å². The number of methoxy groups -OCH3 is 1. The summed E-state index contributed by atoms with van der Waals surface area (Å²) in [6, 6.07) is 4.63. The first kappa shape index (κ1) is 10.6. The third-order valence-electron chi connectivity index (χ3n) is 1.84. The van der Waals surface area contributed by atoms with E-state index in [0.717, 1.165) is 0 Å². The Balaban J connectivity index is 3.30. The van der Waals surface area contributed by atoms with Crippen LogP contribution in [0.15, 0.2) is 12.1 Å². The SMILES string of the molecule is COc1cc(C)c(C(=O)C#N)cc1Cl. The van der Waals surface area contributed by atoms with E-state index >= 15 is 0 Å². The maximum Gasteiger partial charge on any atom is 0.262 e. The summed E-state index contributed by atoms with van der Waals surface area (Å²) in [4.78, 5) is 11.1. The fourth-order valence-corrected chi connectivity index (χ4v) is 1.36. The van der Waals surface area contributed by atoms with Gasteiger partial charge in [0.15, 0.2) is 0 Å². The lowest BCUT2D eigenvalue weighted by molar-refractivity contribution is 0.105. The van der Waals surface area contributed by atoms with Crippen molar-refractivity contribution in [1.82, 2.24) is 0 Å². The normalized spacial score (nSPS) is 9.29. The second-order valence-corrected chi connectivity index (χ2v) is 3.15. The van der Waals surface area contributed by atoms with E-state index in [-0.39, 0.29) is 0 Å². The van der Waals surface area contributed by atoms with Gasteiger partial charge in [-0.05, 0) is 24.6 Å². The summed E-state index contributed by atoms with van der Waals surface area (Å²) < 4.78 is 4.97. The van der Waals surface area contributed by atoms with Crippen LogP contribution in [0.25, 0.3) is 0 Å². The van der Waals surface area contributed by atoms with Gasteiger partial charge in [-0.3, -0.25) is 4.79 Å². The highest BCUT2D eigenvalue weighted by Crippen LogP contribution is 2.27. The Morgan fingerprint density at radius 2 is 2.21 bits per heavy atom. The molecule has 14 heavy (non-hydrogen) atoms. The lowest BCUT2D eigenvalue weighted by Crippen LogP contribution is -1.99. The van der Waals surface area contributed by atoms with Crippen LogP contribution in [0, 0.1) is 18.3 Å². The molecule has 1 aromatic carbocycles. The summed E-state index contributed by atoms with van der Waals surface area (Å²) in [6.45, 7) is 1.73. The lowest BCUT2D eigenvalue weighted by atomic mass is 10.1. The van der Waals surface area contributed by atoms with Crippen molar-refractivity contribution in [3.63, 3.8) is 0 Å². The molecule has 0 radical (unpaired) electrons. The summed E-state index contributed by atoms with van der Waals surface area (Å²) in [6.07, 6.45) is 0. The Kier molecular flexibility index (Phi) is 3.10. The van der Waals surface area contributed by atoms with E-state index in [1.54, 1.807) is 19.1 Å². The van der Waals surface area contributed by atoms with E-state index in [4.69, 9.17) is 21.6 Å². The summed E-state index contributed by atoms with van der Waals surface area (Å²) in [7, 11) is 1.49. The van der Waals surface area contributed by atoms with E-state index in [1.165, 1.54) is 13.2 Å². The zero-order valence-corrected chi connectivity index (χ0v) is 8.55. The number of ether oxygens (including phenoxy) is 1. The minimum Gasteiger partial charge on any atom is -0.495 e. The minimum atomic E-state index is -0.591. The molecule has 0 aromatic heterocycles. The maximum absolute atomic E-state index is 11.1. The highest BCUT2D eigenvalue weighted by Gasteiger charge is 2.11. The van der Waals surface area contributed by atoms with Crippen LogP contribution in [-0.2, 0) is 0 Å². The number of carbonyl (C=O) groups is 1. The van der Waals surface area contributed by atoms with Crippen LogP contribution < -0.4 is 4.74 Å². The number of Topliss-reactive ketones (excluding diaryl/α,β-unsaturated/α-hetero) is 1. The highest BCUT2D eigenvalue weighted by molar-refractivity contribution is 6.32. The number of rotatable bonds is 2. The van der Waals surface area contributed by atoms with Crippen molar-refractivity contribution in [2.75, 3.05) is 7.11 Å². The number of nitriles is 1. The van der Waals surface area contributed by atoms with E-state index in [9.17, 15) is 4.79 Å². The molecular formula is C10H8ClNO2. The van der Waals surface area contributed by atoms with Gasteiger partial charge in [0.1, 0.15) is 11.8 Å². The quantitative estimate of drug-likeness (QED) is 0.555. The van der Waals surface area contributed by atoms with Gasteiger partial charge in [-0.15, -0.1) is 0 Å². The zero-order valence-electron chi connectivity index (χ0n) is 7.80. The van der Waals surface area contributed by atoms with Crippen molar-refractivity contribution in [3.8, 4) is 11.8 Å². The summed E-state index contributed by atoms with van der Waals surface area (Å²) in [5.74, 6) is -0.0919. The fraction of sp³-hybridized carbons (Fsp3) is 0.200. The Bertz CT molecular complexity index is 421. The predicted molar refractivity (Wildman–Crippen MR) is 52.7 cm³/mol. The predicted octanol–water partition coefficient (Wildman–Crippen LogP) is 2.36. The van der Waals surface area contributed by atoms with Crippen molar-refractivity contribution < 1.29 is 9.53 Å². The molecule has 0 heterocycles. The third-order valence-corrected chi connectivity index (χ3v) is 2.14. The molecule has 0 saturated carbocycles. The largest absolute Gasteiger partial charge is 0.495 e. The summed E-state index contributed by atoms with van der Waals surface area (Å²) in [5.41, 5.74) is 0.996. The molecule has 1 aromatic rings. The molecule has 0 amide bonds. The minimum absolute atomic E-state index is 0.318. The molecule has 3 nitrogen and oxygen atoms in total. The van der Waals surface area contributed by atoms with Crippen LogP contribution in [0.4, 0.5) is 0 Å². The van der Waals surface area contributed by atoms with Gasteiger partial charge < -0.3 is 4.74 Å². The van der Waals surface area contributed by atoms with Gasteiger partial charge >= 0.3 is 0 Å². The Morgan fingerprint density at radius 1 is 1.57 bits per heavy atom. The number of benzene rings is 1. The van der Waals surface area contributed by atoms with Crippen LogP contribution in [-0.4, -0.2) is 12.9 Å². The fourth-order valence-electron chi connectivity index (χ4n) is 1.12. The third kappa shape index (κ3) is 1.86. The molecule has 0 aliphatic rings. The number of ketones is 1. The van der Waals surface area contributed by atoms with Gasteiger partial charge in [-0.1, -0.05) is 11.6 Å². The molecule has 0 N–H and O–H groups in total. The number of carbonyl (C=O) groups excluding carboxylic acids is 1. The Morgan fingerprint density at radius 3 is 2.71 bits per heavy atom. The molecule has 0 unspecified atom stereocenters. The van der Waals surface area contributed by atoms with E-state index in [1.807, 2.05) is 0 Å². The second kappa shape index (κ2) is 4.12. The molecule has 0 fully saturated rings. The van der Waals surface area contributed by atoms with E-state index in [0.29, 0.717) is 21.9 Å². The van der Waals surface area contributed by atoms with Gasteiger partial charge in [0.2, 0.25) is 0 Å². The van der Waals surface area contributed by atoms with Gasteiger partial charge in [-0.25, -0.2) is 0 Å². The number of halogens is 1. The molecule has 72 valence electrons. The first-order valence-electron chi connectivity index (χ1n) is 3.88. The number of nitrogens with zero attached hydrogens (tertiary/aromatic N) is 1. The molecule has 0 saturated heterocycles. The Labute approximate surface area is 86.9 Å². The van der Waals surface area contributed by atoms with E-state index in [2.05, 4.69) is 0 Å². The Hall–Kier alpha value is -1.53. The molecule has 0 atom stereocenters. The monoisotopic (exact) mass is 209 g/mol. The number of aryl methyl sites for hydroxylation is 1. The number of hydrogen-bond donors (Lipinski definition) is 0. The highest BCUT2D eigenvalue weighted by atomic mass is 35.5. The van der Waals surface area contributed by atoms with Gasteiger partial charge in [0, 0.05) is 5.56 Å². The van der Waals surface area contributed by atoms with Crippen molar-refractivity contribution in [1.29, 1.82) is 5.26 Å². The standard InChI is InChI=1S/C10H8ClNO2/c1-6-3-10(14-2)8(11)4-7(6)9(13)5-12/h3-4H,1-2H3. The molecule has 0 spiro atoms. The van der Waals surface area contributed by atoms with Crippen LogP contribution in [0.2, 0.25) is 5.02 Å². The first-order valence-corrected chi connectivity index (χ1v) is 4.26. The van der Waals surface area contributed by atoms with Gasteiger partial charge in [0.25, 0.3) is 5.78 Å². The van der Waals surface area contributed by atoms with Crippen LogP contribution in [0.3, 0.4) is 0 Å². The topological polar surface area (TPSA) is 50.1 Å². The zero-order chi connectivity index (χ0) is 10.7.